The predicted octanol–water partition coefficient (Wildman–Crippen LogP) is 7.34. The SMILES string of the molecule is Cc1cc(-n2nc3c(c2-n2ccn(-c4ccc5c(ncn5C)c4F)c2=O)[C@@H]2CC[C@H](C3)N2C(=O)c2cc3cc([C@H]4CCOC(C)(C)C4)ccc3n2C2(c3noc(=O)[nH]3)CC2)cc(C)c1F. The summed E-state index contributed by atoms with van der Waals surface area (Å²) < 4.78 is 50.5. The summed E-state index contributed by atoms with van der Waals surface area (Å²) >= 11 is 0. The molecule has 3 aliphatic heterocycles. The normalized spacial score (nSPS) is 20.8. The molecule has 5 aromatic heterocycles. The van der Waals surface area contributed by atoms with E-state index in [0.717, 1.165) is 29.4 Å². The first-order valence-corrected chi connectivity index (χ1v) is 22.2. The van der Waals surface area contributed by atoms with E-state index < -0.39 is 28.8 Å². The van der Waals surface area contributed by atoms with Gasteiger partial charge in [-0.2, -0.15) is 5.10 Å². The molecule has 15 nitrogen and oxygen atoms in total. The second-order valence-corrected chi connectivity index (χ2v) is 19.1. The van der Waals surface area contributed by atoms with E-state index in [1.165, 1.54) is 27.2 Å². The van der Waals surface area contributed by atoms with Crippen LogP contribution in [0.2, 0.25) is 0 Å². The molecule has 2 bridgehead atoms. The quantitative estimate of drug-likeness (QED) is 0.174. The van der Waals surface area contributed by atoms with Crippen molar-refractivity contribution in [1.82, 2.24) is 48.1 Å². The van der Waals surface area contributed by atoms with Crippen molar-refractivity contribution in [2.24, 2.45) is 7.05 Å². The summed E-state index contributed by atoms with van der Waals surface area (Å²) in [5, 5.41) is 10.2. The second-order valence-electron chi connectivity index (χ2n) is 19.1. The van der Waals surface area contributed by atoms with Crippen LogP contribution in [0.3, 0.4) is 0 Å². The summed E-state index contributed by atoms with van der Waals surface area (Å²) in [5.74, 6) is -0.811. The highest BCUT2D eigenvalue weighted by molar-refractivity contribution is 6.00. The molecule has 1 N–H and O–H groups in total. The molecule has 8 aromatic rings. The molecule has 8 heterocycles. The maximum Gasteiger partial charge on any atom is 0.438 e. The zero-order chi connectivity index (χ0) is 44.8. The van der Waals surface area contributed by atoms with Crippen molar-refractivity contribution in [3.63, 3.8) is 0 Å². The van der Waals surface area contributed by atoms with E-state index in [1.807, 2.05) is 15.5 Å². The number of carbonyl (C=O) groups excluding carboxylic acids is 1. The van der Waals surface area contributed by atoms with E-state index >= 15 is 13.6 Å². The number of aromatic amines is 1. The first-order chi connectivity index (χ1) is 31.2. The van der Waals surface area contributed by atoms with E-state index in [2.05, 4.69) is 47.2 Å². The van der Waals surface area contributed by atoms with Crippen LogP contribution in [0.5, 0.6) is 0 Å². The average molecular weight is 881 g/mol. The van der Waals surface area contributed by atoms with Crippen molar-refractivity contribution in [3.05, 3.63) is 139 Å². The lowest BCUT2D eigenvalue weighted by molar-refractivity contribution is -0.0592. The molecular formula is C48H46F2N10O5. The minimum atomic E-state index is -0.806. The van der Waals surface area contributed by atoms with Gasteiger partial charge in [-0.15, -0.1) is 0 Å². The van der Waals surface area contributed by atoms with Gasteiger partial charge in [0.15, 0.2) is 11.6 Å². The number of aromatic nitrogens is 9. The first-order valence-electron chi connectivity index (χ1n) is 22.2. The molecule has 2 saturated heterocycles. The third-order valence-corrected chi connectivity index (χ3v) is 14.5. The summed E-state index contributed by atoms with van der Waals surface area (Å²) in [6.45, 7) is 8.26. The number of benzene rings is 3. The molecule has 17 heteroatoms. The van der Waals surface area contributed by atoms with E-state index in [4.69, 9.17) is 14.4 Å². The molecule has 1 amide bonds. The van der Waals surface area contributed by atoms with Crippen LogP contribution in [0.4, 0.5) is 8.78 Å². The Morgan fingerprint density at radius 3 is 2.43 bits per heavy atom. The molecule has 4 aliphatic rings. The van der Waals surface area contributed by atoms with E-state index in [0.29, 0.717) is 83.9 Å². The largest absolute Gasteiger partial charge is 0.438 e. The lowest BCUT2D eigenvalue weighted by Gasteiger charge is -2.35. The number of amides is 1. The smallest absolute Gasteiger partial charge is 0.376 e. The van der Waals surface area contributed by atoms with Crippen molar-refractivity contribution >= 4 is 27.8 Å². The Bertz CT molecular complexity index is 3410. The maximum atomic E-state index is 16.1. The number of hydrogen-bond acceptors (Lipinski definition) is 8. The Kier molecular flexibility index (Phi) is 8.43. The molecule has 3 fully saturated rings. The van der Waals surface area contributed by atoms with Crippen molar-refractivity contribution in [3.8, 4) is 17.2 Å². The maximum absolute atomic E-state index is 16.1. The summed E-state index contributed by atoms with van der Waals surface area (Å²) in [7, 11) is 1.77. The molecule has 0 radical (unpaired) electrons. The molecule has 1 saturated carbocycles. The minimum Gasteiger partial charge on any atom is -0.376 e. The van der Waals surface area contributed by atoms with Gasteiger partial charge in [0.25, 0.3) is 5.91 Å². The van der Waals surface area contributed by atoms with Gasteiger partial charge in [-0.25, -0.2) is 28.0 Å². The predicted molar refractivity (Wildman–Crippen MR) is 235 cm³/mol. The molecule has 0 unspecified atom stereocenters. The van der Waals surface area contributed by atoms with Crippen molar-refractivity contribution in [2.75, 3.05) is 6.61 Å². The number of hydrogen-bond donors (Lipinski definition) is 1. The summed E-state index contributed by atoms with van der Waals surface area (Å²) in [6.07, 6.45) is 9.33. The van der Waals surface area contributed by atoms with Crippen molar-refractivity contribution in [2.45, 2.75) is 102 Å². The number of nitrogens with zero attached hydrogens (tertiary/aromatic N) is 9. The molecular weight excluding hydrogens is 835 g/mol. The third-order valence-electron chi connectivity index (χ3n) is 14.5. The highest BCUT2D eigenvalue weighted by Gasteiger charge is 2.54. The molecule has 0 spiro atoms. The zero-order valence-corrected chi connectivity index (χ0v) is 36.6. The van der Waals surface area contributed by atoms with Gasteiger partial charge in [-0.1, -0.05) is 11.2 Å². The van der Waals surface area contributed by atoms with E-state index in [-0.39, 0.29) is 40.5 Å². The number of carbonyl (C=O) groups is 1. The van der Waals surface area contributed by atoms with Crippen LogP contribution in [-0.4, -0.2) is 72.2 Å². The zero-order valence-electron chi connectivity index (χ0n) is 36.6. The summed E-state index contributed by atoms with van der Waals surface area (Å²) in [4.78, 5) is 51.8. The number of fused-ring (bicyclic) bond motifs is 6. The topological polar surface area (TPSA) is 156 Å². The number of nitrogens with one attached hydrogen (secondary N) is 1. The first kappa shape index (κ1) is 39.7. The van der Waals surface area contributed by atoms with Gasteiger partial charge < -0.3 is 18.8 Å². The molecule has 12 rings (SSSR count). The Hall–Kier alpha value is -6.88. The molecule has 65 heavy (non-hydrogen) atoms. The van der Waals surface area contributed by atoms with Crippen LogP contribution in [0.1, 0.15) is 109 Å². The lowest BCUT2D eigenvalue weighted by Crippen LogP contribution is -2.43. The van der Waals surface area contributed by atoms with Gasteiger partial charge in [0.05, 0.1) is 40.6 Å². The van der Waals surface area contributed by atoms with Crippen molar-refractivity contribution in [1.29, 1.82) is 0 Å². The molecule has 3 aromatic carbocycles. The third kappa shape index (κ3) is 5.86. The fourth-order valence-corrected chi connectivity index (χ4v) is 11.2. The lowest BCUT2D eigenvalue weighted by atomic mass is 9.83. The molecule has 1 aliphatic carbocycles. The van der Waals surface area contributed by atoms with Crippen LogP contribution in [-0.2, 0) is 23.7 Å². The standard InChI is InChI=1S/C48H46F2N10O5/c1-25-18-31(19-26(2)39(25)49)60-42(57-16-15-56(46(57)63)35-10-11-36-41(40(35)50)51-24-55(36)5)38-32(53-60)22-30-7-9-34(38)58(30)43(61)37-21-29-20-27(28-12-17-64-47(3,4)23-28)6-8-33(29)59(37)48(13-14-48)44-52-45(62)65-54-44/h6,8,10-11,15-16,18-21,24,28,30,34H,7,9,12-14,17,22-23H2,1-5H3,(H,52,54,62)/t28-,30+,34-/m0/s1. The number of rotatable bonds is 7. The fourth-order valence-electron chi connectivity index (χ4n) is 11.2. The van der Waals surface area contributed by atoms with Gasteiger partial charge in [0, 0.05) is 55.0 Å². The summed E-state index contributed by atoms with van der Waals surface area (Å²) in [6, 6.07) is 14.3. The van der Waals surface area contributed by atoms with Crippen LogP contribution < -0.4 is 11.4 Å². The van der Waals surface area contributed by atoms with Gasteiger partial charge in [-0.05, 0) is 131 Å². The molecule has 332 valence electrons. The van der Waals surface area contributed by atoms with E-state index in [9.17, 15) is 9.59 Å². The van der Waals surface area contributed by atoms with Crippen molar-refractivity contribution < 1.29 is 22.8 Å². The van der Waals surface area contributed by atoms with Gasteiger partial charge >= 0.3 is 11.4 Å². The second kappa shape index (κ2) is 13.8. The number of imidazole rings is 2. The van der Waals surface area contributed by atoms with Crippen LogP contribution >= 0.6 is 0 Å². The minimum absolute atomic E-state index is 0.0325. The van der Waals surface area contributed by atoms with Gasteiger partial charge in [0.1, 0.15) is 28.4 Å². The summed E-state index contributed by atoms with van der Waals surface area (Å²) in [5.41, 5.74) is 4.38. The number of aryl methyl sites for hydroxylation is 3. The van der Waals surface area contributed by atoms with Gasteiger partial charge in [-0.3, -0.25) is 23.4 Å². The highest BCUT2D eigenvalue weighted by atomic mass is 19.1. The van der Waals surface area contributed by atoms with E-state index in [1.54, 1.807) is 60.6 Å². The highest BCUT2D eigenvalue weighted by Crippen LogP contribution is 2.53. The Morgan fingerprint density at radius 1 is 0.923 bits per heavy atom. The number of halogens is 2. The number of ether oxygens (including phenoxy) is 1. The fraction of sp³-hybridized carbons (Fsp3) is 0.375. The Morgan fingerprint density at radius 2 is 1.69 bits per heavy atom. The Balaban J connectivity index is 1.01. The van der Waals surface area contributed by atoms with Crippen LogP contribution in [0.15, 0.2) is 81.4 Å². The van der Waals surface area contributed by atoms with Crippen LogP contribution in [0, 0.1) is 25.5 Å². The molecule has 3 atom stereocenters. The number of H-pyrrole nitrogens is 1. The van der Waals surface area contributed by atoms with Gasteiger partial charge in [0.2, 0.25) is 0 Å². The average Bonchev–Trinajstić information content (AvgIpc) is 3.85. The van der Waals surface area contributed by atoms with Crippen LogP contribution in [0.25, 0.3) is 39.1 Å². The Labute approximate surface area is 369 Å². The monoisotopic (exact) mass is 880 g/mol.